The predicted octanol–water partition coefficient (Wildman–Crippen LogP) is 4.58. The molecule has 0 aromatic heterocycles. The van der Waals surface area contributed by atoms with Crippen molar-refractivity contribution in [2.45, 2.75) is 49.3 Å². The third-order valence-electron chi connectivity index (χ3n) is 6.10. The molecule has 0 saturated heterocycles. The Bertz CT molecular complexity index is 1230. The first-order chi connectivity index (χ1) is 15.5. The zero-order valence-electron chi connectivity index (χ0n) is 17.4. The van der Waals surface area contributed by atoms with Crippen LogP contribution in [0.15, 0.2) is 82.2 Å². The average Bonchev–Trinajstić information content (AvgIpc) is 2.79. The Hall–Kier alpha value is -3.19. The van der Waals surface area contributed by atoms with E-state index in [1.54, 1.807) is 42.5 Å². The summed E-state index contributed by atoms with van der Waals surface area (Å²) in [6.45, 7) is 0. The molecule has 164 valence electrons. The highest BCUT2D eigenvalue weighted by atomic mass is 32.2. The van der Waals surface area contributed by atoms with Gasteiger partial charge in [-0.2, -0.15) is 8.42 Å². The van der Waals surface area contributed by atoms with Crippen LogP contribution in [0.4, 0.5) is 0 Å². The molecule has 0 fully saturated rings. The lowest BCUT2D eigenvalue weighted by molar-refractivity contribution is -0.117. The van der Waals surface area contributed by atoms with E-state index in [0.29, 0.717) is 66.8 Å². The van der Waals surface area contributed by atoms with Crippen LogP contribution in [0.2, 0.25) is 0 Å². The second kappa shape index (κ2) is 8.06. The highest BCUT2D eigenvalue weighted by Gasteiger charge is 2.43. The summed E-state index contributed by atoms with van der Waals surface area (Å²) in [6, 6.07) is 14.6. The molecule has 0 amide bonds. The van der Waals surface area contributed by atoms with Crippen LogP contribution < -0.4 is 4.18 Å². The van der Waals surface area contributed by atoms with Crippen molar-refractivity contribution in [3.8, 4) is 5.75 Å². The quantitative estimate of drug-likeness (QED) is 0.634. The van der Waals surface area contributed by atoms with E-state index in [-0.39, 0.29) is 22.2 Å². The van der Waals surface area contributed by atoms with Gasteiger partial charge in [0.05, 0.1) is 5.92 Å². The van der Waals surface area contributed by atoms with Crippen molar-refractivity contribution in [2.75, 3.05) is 0 Å². The molecule has 5 rings (SSSR count). The summed E-state index contributed by atoms with van der Waals surface area (Å²) in [5, 5.41) is 0. The second-order valence-electron chi connectivity index (χ2n) is 8.15. The fourth-order valence-electron chi connectivity index (χ4n) is 4.68. The van der Waals surface area contributed by atoms with E-state index >= 15 is 0 Å². The van der Waals surface area contributed by atoms with E-state index in [0.717, 1.165) is 0 Å². The van der Waals surface area contributed by atoms with Crippen molar-refractivity contribution >= 4 is 21.7 Å². The largest absolute Gasteiger partial charge is 0.465 e. The van der Waals surface area contributed by atoms with Crippen molar-refractivity contribution < 1.29 is 26.9 Å². The number of carbonyl (C=O) groups is 2. The molecule has 2 aliphatic carbocycles. The lowest BCUT2D eigenvalue weighted by Crippen LogP contribution is -2.30. The number of para-hydroxylation sites is 1. The molecule has 2 aromatic carbocycles. The minimum atomic E-state index is -4.09. The Balaban J connectivity index is 1.65. The maximum Gasteiger partial charge on any atom is 0.339 e. The topological polar surface area (TPSA) is 86.7 Å². The van der Waals surface area contributed by atoms with Crippen LogP contribution in [0, 0.1) is 0 Å². The van der Waals surface area contributed by atoms with Crippen LogP contribution in [-0.4, -0.2) is 20.0 Å². The summed E-state index contributed by atoms with van der Waals surface area (Å²) in [4.78, 5) is 26.0. The fourth-order valence-corrected chi connectivity index (χ4v) is 5.65. The molecular formula is C25H22O6S. The maximum atomic E-state index is 13.0. The minimum Gasteiger partial charge on any atom is -0.465 e. The second-order valence-corrected chi connectivity index (χ2v) is 9.70. The SMILES string of the molecule is O=C1CCCC2=C1C(c1ccccc1OS(=O)(=O)c1ccccc1)C1=C(CCCC1=O)O2. The highest BCUT2D eigenvalue weighted by molar-refractivity contribution is 7.87. The van der Waals surface area contributed by atoms with Crippen molar-refractivity contribution in [3.63, 3.8) is 0 Å². The third kappa shape index (κ3) is 3.56. The van der Waals surface area contributed by atoms with E-state index in [4.69, 9.17) is 8.92 Å². The van der Waals surface area contributed by atoms with Gasteiger partial charge in [-0.25, -0.2) is 0 Å². The van der Waals surface area contributed by atoms with Gasteiger partial charge in [-0.05, 0) is 31.0 Å². The number of ketones is 2. The minimum absolute atomic E-state index is 0.0316. The molecular weight excluding hydrogens is 428 g/mol. The zero-order valence-corrected chi connectivity index (χ0v) is 18.2. The first-order valence-corrected chi connectivity index (χ1v) is 12.2. The number of carbonyl (C=O) groups excluding carboxylic acids is 2. The number of Topliss-reactive ketones (excluding diaryl/α,β-unsaturated/α-hetero) is 2. The average molecular weight is 451 g/mol. The van der Waals surface area contributed by atoms with Gasteiger partial charge in [0, 0.05) is 42.4 Å². The highest BCUT2D eigenvalue weighted by Crippen LogP contribution is 2.49. The maximum absolute atomic E-state index is 13.0. The Morgan fingerprint density at radius 3 is 1.94 bits per heavy atom. The molecule has 0 atom stereocenters. The lowest BCUT2D eigenvalue weighted by Gasteiger charge is -2.36. The van der Waals surface area contributed by atoms with E-state index in [2.05, 4.69) is 0 Å². The number of benzene rings is 2. The van der Waals surface area contributed by atoms with Gasteiger partial charge in [0.2, 0.25) is 0 Å². The van der Waals surface area contributed by atoms with Crippen LogP contribution in [-0.2, 0) is 24.4 Å². The number of hydrogen-bond donors (Lipinski definition) is 0. The van der Waals surface area contributed by atoms with Gasteiger partial charge < -0.3 is 8.92 Å². The van der Waals surface area contributed by atoms with Crippen LogP contribution >= 0.6 is 0 Å². The molecule has 1 aliphatic heterocycles. The first kappa shape index (κ1) is 20.7. The predicted molar refractivity (Wildman–Crippen MR) is 116 cm³/mol. The summed E-state index contributed by atoms with van der Waals surface area (Å²) in [5.41, 5.74) is 1.40. The summed E-state index contributed by atoms with van der Waals surface area (Å²) in [5.74, 6) is 0.486. The first-order valence-electron chi connectivity index (χ1n) is 10.7. The van der Waals surface area contributed by atoms with Gasteiger partial charge in [0.25, 0.3) is 0 Å². The molecule has 0 saturated carbocycles. The van der Waals surface area contributed by atoms with Crippen molar-refractivity contribution in [1.29, 1.82) is 0 Å². The summed E-state index contributed by atoms with van der Waals surface area (Å²) < 4.78 is 37.5. The summed E-state index contributed by atoms with van der Waals surface area (Å²) in [7, 11) is -4.09. The molecule has 0 spiro atoms. The Kier molecular flexibility index (Phi) is 5.21. The van der Waals surface area contributed by atoms with Gasteiger partial charge in [-0.1, -0.05) is 36.4 Å². The number of rotatable bonds is 4. The van der Waals surface area contributed by atoms with Crippen molar-refractivity contribution in [3.05, 3.63) is 82.8 Å². The molecule has 2 aromatic rings. The van der Waals surface area contributed by atoms with Gasteiger partial charge in [0.15, 0.2) is 11.6 Å². The van der Waals surface area contributed by atoms with Crippen LogP contribution in [0.3, 0.4) is 0 Å². The molecule has 0 bridgehead atoms. The van der Waals surface area contributed by atoms with Crippen molar-refractivity contribution in [2.24, 2.45) is 0 Å². The molecule has 7 heteroatoms. The van der Waals surface area contributed by atoms with Crippen LogP contribution in [0.25, 0.3) is 0 Å². The monoisotopic (exact) mass is 450 g/mol. The van der Waals surface area contributed by atoms with Gasteiger partial charge in [-0.15, -0.1) is 0 Å². The summed E-state index contributed by atoms with van der Waals surface area (Å²) in [6.07, 6.45) is 3.38. The van der Waals surface area contributed by atoms with Gasteiger partial charge in [-0.3, -0.25) is 9.59 Å². The van der Waals surface area contributed by atoms with E-state index in [1.165, 1.54) is 12.1 Å². The Morgan fingerprint density at radius 2 is 1.31 bits per heavy atom. The van der Waals surface area contributed by atoms with E-state index < -0.39 is 16.0 Å². The van der Waals surface area contributed by atoms with Gasteiger partial charge in [0.1, 0.15) is 22.2 Å². The Morgan fingerprint density at radius 1 is 0.750 bits per heavy atom. The third-order valence-corrected chi connectivity index (χ3v) is 7.35. The van der Waals surface area contributed by atoms with Crippen LogP contribution in [0.1, 0.15) is 50.0 Å². The molecule has 0 radical (unpaired) electrons. The van der Waals surface area contributed by atoms with Crippen LogP contribution in [0.5, 0.6) is 5.75 Å². The smallest absolute Gasteiger partial charge is 0.339 e. The number of hydrogen-bond acceptors (Lipinski definition) is 6. The van der Waals surface area contributed by atoms with E-state index in [1.807, 2.05) is 0 Å². The molecule has 6 nitrogen and oxygen atoms in total. The molecule has 32 heavy (non-hydrogen) atoms. The summed E-state index contributed by atoms with van der Waals surface area (Å²) >= 11 is 0. The molecule has 0 N–H and O–H groups in total. The Labute approximate surface area is 186 Å². The molecule has 1 heterocycles. The molecule has 0 unspecified atom stereocenters. The fraction of sp³-hybridized carbons (Fsp3) is 0.280. The molecule has 3 aliphatic rings. The zero-order chi connectivity index (χ0) is 22.3. The number of allylic oxidation sites excluding steroid dienone is 4. The normalized spacial score (nSPS) is 19.4. The standard InChI is InChI=1S/C25H22O6S/c26-18-11-6-14-21-24(18)23(25-19(27)12-7-15-22(25)30-21)17-10-4-5-13-20(17)31-32(28,29)16-8-2-1-3-9-16/h1-5,8-10,13,23H,6-7,11-12,14-15H2. The lowest BCUT2D eigenvalue weighted by atomic mass is 9.73. The van der Waals surface area contributed by atoms with Gasteiger partial charge >= 0.3 is 10.1 Å². The van der Waals surface area contributed by atoms with E-state index in [9.17, 15) is 18.0 Å². The number of ether oxygens (including phenoxy) is 1. The van der Waals surface area contributed by atoms with Crippen molar-refractivity contribution in [1.82, 2.24) is 0 Å².